The lowest BCUT2D eigenvalue weighted by Crippen LogP contribution is -2.37. The third-order valence-corrected chi connectivity index (χ3v) is 4.34. The molecule has 0 aliphatic heterocycles. The zero-order valence-electron chi connectivity index (χ0n) is 13.5. The Labute approximate surface area is 149 Å². The minimum absolute atomic E-state index is 0.00909. The van der Waals surface area contributed by atoms with Gasteiger partial charge in [-0.3, -0.25) is 19.1 Å². The van der Waals surface area contributed by atoms with Gasteiger partial charge >= 0.3 is 6.18 Å². The lowest BCUT2D eigenvalue weighted by atomic mass is 10.3. The number of pyridine rings is 1. The average molecular weight is 382 g/mol. The van der Waals surface area contributed by atoms with Crippen LogP contribution in [0.5, 0.6) is 0 Å². The van der Waals surface area contributed by atoms with Crippen LogP contribution >= 0.6 is 11.3 Å². The predicted octanol–water partition coefficient (Wildman–Crippen LogP) is 0.506. The van der Waals surface area contributed by atoms with Crippen LogP contribution in [0.3, 0.4) is 0 Å². The number of alkyl halides is 3. The van der Waals surface area contributed by atoms with Crippen LogP contribution in [-0.2, 0) is 11.3 Å². The molecule has 0 radical (unpaired) electrons. The Morgan fingerprint density at radius 3 is 2.77 bits per heavy atom. The van der Waals surface area contributed by atoms with Crippen molar-refractivity contribution in [2.75, 3.05) is 6.54 Å². The topological polar surface area (TPSA) is 87.8 Å². The Kier molecular flexibility index (Phi) is 5.94. The molecule has 2 rings (SSSR count). The van der Waals surface area contributed by atoms with Crippen molar-refractivity contribution in [3.05, 3.63) is 49.6 Å². The van der Waals surface area contributed by atoms with Gasteiger partial charge in [0.05, 0.1) is 4.53 Å². The van der Waals surface area contributed by atoms with E-state index in [0.29, 0.717) is 5.56 Å². The molecule has 26 heavy (non-hydrogen) atoms. The standard InChI is InChI=1S/C16H13F3N4O2S/c1-2-23-14(25)12(6-10-4-3-5-21-8-10)26-15(23)11(7-20)13(24)22-9-16(17,18)19/h3-6,8H,2,9H2,1H3,(H,22,24)/b12-6?,15-11-. The smallest absolute Gasteiger partial charge is 0.342 e. The molecule has 0 spiro atoms. The van der Waals surface area contributed by atoms with Gasteiger partial charge in [0.1, 0.15) is 17.3 Å². The van der Waals surface area contributed by atoms with Gasteiger partial charge in [0.25, 0.3) is 11.5 Å². The molecule has 6 nitrogen and oxygen atoms in total. The van der Waals surface area contributed by atoms with Gasteiger partial charge in [-0.05, 0) is 24.6 Å². The normalized spacial score (nSPS) is 13.3. The van der Waals surface area contributed by atoms with Gasteiger partial charge in [-0.25, -0.2) is 0 Å². The zero-order chi connectivity index (χ0) is 19.3. The van der Waals surface area contributed by atoms with Gasteiger partial charge in [0, 0.05) is 18.9 Å². The number of hydrogen-bond donors (Lipinski definition) is 1. The maximum atomic E-state index is 12.5. The summed E-state index contributed by atoms with van der Waals surface area (Å²) in [6.07, 6.45) is 0.0295. The number of aromatic nitrogens is 2. The largest absolute Gasteiger partial charge is 0.405 e. The van der Waals surface area contributed by atoms with E-state index in [4.69, 9.17) is 0 Å². The first-order valence-corrected chi connectivity index (χ1v) is 8.19. The van der Waals surface area contributed by atoms with Gasteiger partial charge < -0.3 is 5.32 Å². The molecule has 1 N–H and O–H groups in total. The minimum atomic E-state index is -4.60. The molecule has 0 saturated heterocycles. The molecule has 0 aliphatic rings. The highest BCUT2D eigenvalue weighted by Gasteiger charge is 2.28. The van der Waals surface area contributed by atoms with Crippen LogP contribution in [0.1, 0.15) is 12.5 Å². The summed E-state index contributed by atoms with van der Waals surface area (Å²) in [5, 5.41) is 10.9. The Morgan fingerprint density at radius 2 is 2.23 bits per heavy atom. The summed E-state index contributed by atoms with van der Waals surface area (Å²) in [4.78, 5) is 28.4. The van der Waals surface area contributed by atoms with Crippen LogP contribution in [0.4, 0.5) is 13.2 Å². The van der Waals surface area contributed by atoms with Gasteiger partial charge in [-0.2, -0.15) is 18.4 Å². The fraction of sp³-hybridized carbons (Fsp3) is 0.250. The number of amides is 1. The van der Waals surface area contributed by atoms with E-state index in [9.17, 15) is 28.0 Å². The molecule has 0 unspecified atom stereocenters. The maximum Gasteiger partial charge on any atom is 0.405 e. The van der Waals surface area contributed by atoms with Crippen molar-refractivity contribution in [1.29, 1.82) is 5.26 Å². The molecule has 136 valence electrons. The molecule has 10 heteroatoms. The lowest BCUT2D eigenvalue weighted by Gasteiger charge is -2.07. The van der Waals surface area contributed by atoms with Gasteiger partial charge in [0.15, 0.2) is 5.57 Å². The molecule has 0 atom stereocenters. The second kappa shape index (κ2) is 7.97. The van der Waals surface area contributed by atoms with Crippen LogP contribution < -0.4 is 20.1 Å². The first kappa shape index (κ1) is 19.4. The van der Waals surface area contributed by atoms with Crippen molar-refractivity contribution < 1.29 is 18.0 Å². The van der Waals surface area contributed by atoms with E-state index in [2.05, 4.69) is 4.98 Å². The molecule has 0 aliphatic carbocycles. The van der Waals surface area contributed by atoms with Crippen molar-refractivity contribution >= 4 is 28.9 Å². The first-order valence-electron chi connectivity index (χ1n) is 7.37. The van der Waals surface area contributed by atoms with Crippen molar-refractivity contribution in [2.45, 2.75) is 19.6 Å². The number of nitrogens with zero attached hydrogens (tertiary/aromatic N) is 3. The van der Waals surface area contributed by atoms with Gasteiger partial charge in [-0.1, -0.05) is 6.07 Å². The van der Waals surface area contributed by atoms with Crippen LogP contribution in [0, 0.1) is 11.3 Å². The van der Waals surface area contributed by atoms with Gasteiger partial charge in [-0.15, -0.1) is 11.3 Å². The zero-order valence-corrected chi connectivity index (χ0v) is 14.3. The number of halogens is 3. The van der Waals surface area contributed by atoms with E-state index in [-0.39, 0.29) is 15.7 Å². The number of rotatable bonds is 4. The first-order chi connectivity index (χ1) is 12.3. The third-order valence-electron chi connectivity index (χ3n) is 3.21. The van der Waals surface area contributed by atoms with Crippen molar-refractivity contribution in [2.24, 2.45) is 0 Å². The molecule has 1 amide bonds. The van der Waals surface area contributed by atoms with Crippen molar-refractivity contribution in [3.63, 3.8) is 0 Å². The second-order valence-electron chi connectivity index (χ2n) is 5.04. The molecular weight excluding hydrogens is 369 g/mol. The predicted molar refractivity (Wildman–Crippen MR) is 89.4 cm³/mol. The highest BCUT2D eigenvalue weighted by Crippen LogP contribution is 2.12. The van der Waals surface area contributed by atoms with Crippen molar-refractivity contribution in [3.8, 4) is 6.07 Å². The van der Waals surface area contributed by atoms with E-state index in [1.54, 1.807) is 36.6 Å². The highest BCUT2D eigenvalue weighted by molar-refractivity contribution is 7.07. The average Bonchev–Trinajstić information content (AvgIpc) is 2.89. The molecule has 2 aromatic rings. The number of thiazole rings is 1. The Balaban J connectivity index is 2.60. The lowest BCUT2D eigenvalue weighted by molar-refractivity contribution is -0.135. The number of carbonyl (C=O) groups is 1. The molecule has 2 aromatic heterocycles. The summed E-state index contributed by atoms with van der Waals surface area (Å²) >= 11 is 0.865. The molecule has 0 bridgehead atoms. The minimum Gasteiger partial charge on any atom is -0.342 e. The summed E-state index contributed by atoms with van der Waals surface area (Å²) in [5.74, 6) is -1.18. The maximum absolute atomic E-state index is 12.5. The number of nitrogens with one attached hydrogen (secondary N) is 1. The van der Waals surface area contributed by atoms with Crippen molar-refractivity contribution in [1.82, 2.24) is 14.9 Å². The van der Waals surface area contributed by atoms with E-state index in [0.717, 1.165) is 11.3 Å². The van der Waals surface area contributed by atoms with Crippen LogP contribution in [-0.4, -0.2) is 28.2 Å². The van der Waals surface area contributed by atoms with E-state index in [1.807, 2.05) is 0 Å². The third kappa shape index (κ3) is 4.58. The summed E-state index contributed by atoms with van der Waals surface area (Å²) in [5.41, 5.74) is -0.336. The molecular formula is C16H13F3N4O2S. The fourth-order valence-electron chi connectivity index (χ4n) is 2.07. The summed E-state index contributed by atoms with van der Waals surface area (Å²) in [6.45, 7) is 0.227. The van der Waals surface area contributed by atoms with E-state index in [1.165, 1.54) is 16.8 Å². The summed E-state index contributed by atoms with van der Waals surface area (Å²) in [6, 6.07) is 4.99. The highest BCUT2D eigenvalue weighted by atomic mass is 32.1. The van der Waals surface area contributed by atoms with E-state index >= 15 is 0 Å². The number of hydrogen-bond acceptors (Lipinski definition) is 5. The van der Waals surface area contributed by atoms with E-state index < -0.39 is 29.8 Å². The number of nitriles is 1. The van der Waals surface area contributed by atoms with Crippen LogP contribution in [0.15, 0.2) is 29.3 Å². The summed E-state index contributed by atoms with van der Waals surface area (Å²) in [7, 11) is 0. The van der Waals surface area contributed by atoms with Gasteiger partial charge in [0.2, 0.25) is 0 Å². The summed E-state index contributed by atoms with van der Waals surface area (Å²) < 4.78 is 38.2. The molecule has 0 aromatic carbocycles. The monoisotopic (exact) mass is 382 g/mol. The fourth-order valence-corrected chi connectivity index (χ4v) is 3.23. The SMILES string of the molecule is CCn1c(=O)c(=Cc2cccnc2)s/c1=C(/C#N)C(=O)NCC(F)(F)F. The molecule has 0 fully saturated rings. The molecule has 2 heterocycles. The van der Waals surface area contributed by atoms with Crippen LogP contribution in [0.25, 0.3) is 11.6 Å². The molecule has 0 saturated carbocycles. The number of carbonyl (C=O) groups excluding carboxylic acids is 1. The Bertz CT molecular complexity index is 1020. The second-order valence-corrected chi connectivity index (χ2v) is 6.07. The van der Waals surface area contributed by atoms with Crippen LogP contribution in [0.2, 0.25) is 0 Å². The quantitative estimate of drug-likeness (QED) is 0.835. The Hall–Kier alpha value is -2.93. The Morgan fingerprint density at radius 1 is 1.50 bits per heavy atom.